The van der Waals surface area contributed by atoms with Crippen LogP contribution in [0.3, 0.4) is 0 Å². The number of nitrogens with two attached hydrogens (primary N) is 1. The standard InChI is InChI=1S/C13H18N2O4/c1-13(2,12(14)18)7-15-11(17)9-5-4-8(19-3)6-10(9)16/h4-6,16H,7H2,1-3H3,(H2,14,18)(H,15,17). The number of hydrogen-bond donors (Lipinski definition) is 3. The summed E-state index contributed by atoms with van der Waals surface area (Å²) in [6.45, 7) is 3.35. The number of methoxy groups -OCH3 is 1. The van der Waals surface area contributed by atoms with Gasteiger partial charge >= 0.3 is 0 Å². The van der Waals surface area contributed by atoms with Crippen LogP contribution in [-0.4, -0.2) is 30.6 Å². The monoisotopic (exact) mass is 266 g/mol. The molecule has 0 aliphatic carbocycles. The fourth-order valence-corrected chi connectivity index (χ4v) is 1.31. The van der Waals surface area contributed by atoms with Crippen LogP contribution in [0.1, 0.15) is 24.2 Å². The van der Waals surface area contributed by atoms with Crippen LogP contribution in [0.25, 0.3) is 0 Å². The minimum absolute atomic E-state index is 0.0899. The topological polar surface area (TPSA) is 102 Å². The average Bonchev–Trinajstić information content (AvgIpc) is 2.35. The van der Waals surface area contributed by atoms with Crippen molar-refractivity contribution >= 4 is 11.8 Å². The molecule has 2 amide bonds. The van der Waals surface area contributed by atoms with E-state index in [-0.39, 0.29) is 17.9 Å². The van der Waals surface area contributed by atoms with Gasteiger partial charge in [-0.2, -0.15) is 0 Å². The van der Waals surface area contributed by atoms with Crippen LogP contribution < -0.4 is 15.8 Å². The number of phenolic OH excluding ortho intramolecular Hbond substituents is 1. The lowest BCUT2D eigenvalue weighted by atomic mass is 9.92. The summed E-state index contributed by atoms with van der Waals surface area (Å²) in [6.07, 6.45) is 0. The minimum Gasteiger partial charge on any atom is -0.507 e. The molecule has 0 aliphatic rings. The second-order valence-electron chi connectivity index (χ2n) is 4.81. The molecule has 1 rings (SSSR count). The zero-order valence-electron chi connectivity index (χ0n) is 11.2. The van der Waals surface area contributed by atoms with Gasteiger partial charge in [-0.15, -0.1) is 0 Å². The zero-order valence-corrected chi connectivity index (χ0v) is 11.2. The number of ether oxygens (including phenoxy) is 1. The maximum Gasteiger partial charge on any atom is 0.255 e. The first-order valence-electron chi connectivity index (χ1n) is 5.73. The van der Waals surface area contributed by atoms with Gasteiger partial charge in [0.05, 0.1) is 18.1 Å². The summed E-state index contributed by atoms with van der Waals surface area (Å²) in [6, 6.07) is 4.35. The Hall–Kier alpha value is -2.24. The Morgan fingerprint density at radius 1 is 1.42 bits per heavy atom. The van der Waals surface area contributed by atoms with Crippen LogP contribution in [0, 0.1) is 5.41 Å². The largest absolute Gasteiger partial charge is 0.507 e. The van der Waals surface area contributed by atoms with Crippen molar-refractivity contribution in [2.75, 3.05) is 13.7 Å². The molecule has 0 saturated heterocycles. The van der Waals surface area contributed by atoms with Gasteiger partial charge < -0.3 is 20.9 Å². The Labute approximate surface area is 111 Å². The van der Waals surface area contributed by atoms with E-state index >= 15 is 0 Å². The van der Waals surface area contributed by atoms with E-state index in [0.29, 0.717) is 5.75 Å². The van der Waals surface area contributed by atoms with E-state index < -0.39 is 17.2 Å². The van der Waals surface area contributed by atoms with Crippen LogP contribution in [0.2, 0.25) is 0 Å². The van der Waals surface area contributed by atoms with Gasteiger partial charge in [-0.3, -0.25) is 9.59 Å². The molecular formula is C13H18N2O4. The van der Waals surface area contributed by atoms with Gasteiger partial charge in [0.2, 0.25) is 5.91 Å². The smallest absolute Gasteiger partial charge is 0.255 e. The highest BCUT2D eigenvalue weighted by atomic mass is 16.5. The number of aromatic hydroxyl groups is 1. The summed E-state index contributed by atoms with van der Waals surface area (Å²) in [7, 11) is 1.46. The number of hydrogen-bond acceptors (Lipinski definition) is 4. The first-order chi connectivity index (χ1) is 8.77. The van der Waals surface area contributed by atoms with Crippen LogP contribution in [0.15, 0.2) is 18.2 Å². The Bertz CT molecular complexity index is 497. The van der Waals surface area contributed by atoms with Crippen molar-refractivity contribution in [1.82, 2.24) is 5.32 Å². The Balaban J connectivity index is 2.77. The highest BCUT2D eigenvalue weighted by molar-refractivity contribution is 5.97. The lowest BCUT2D eigenvalue weighted by Gasteiger charge is -2.20. The average molecular weight is 266 g/mol. The molecule has 1 aromatic rings. The lowest BCUT2D eigenvalue weighted by Crippen LogP contribution is -2.42. The van der Waals surface area contributed by atoms with E-state index in [1.807, 2.05) is 0 Å². The minimum atomic E-state index is -0.849. The molecule has 104 valence electrons. The van der Waals surface area contributed by atoms with Gasteiger partial charge in [-0.05, 0) is 26.0 Å². The first-order valence-corrected chi connectivity index (χ1v) is 5.73. The van der Waals surface area contributed by atoms with Crippen molar-refractivity contribution in [3.8, 4) is 11.5 Å². The third-order valence-electron chi connectivity index (χ3n) is 2.81. The fourth-order valence-electron chi connectivity index (χ4n) is 1.31. The third kappa shape index (κ3) is 3.61. The van der Waals surface area contributed by atoms with Crippen molar-refractivity contribution in [3.63, 3.8) is 0 Å². The Kier molecular flexibility index (Phi) is 4.37. The normalized spacial score (nSPS) is 10.9. The first kappa shape index (κ1) is 14.8. The molecule has 4 N–H and O–H groups in total. The number of amides is 2. The number of rotatable bonds is 5. The van der Waals surface area contributed by atoms with E-state index in [4.69, 9.17) is 10.5 Å². The molecule has 19 heavy (non-hydrogen) atoms. The van der Waals surface area contributed by atoms with E-state index in [9.17, 15) is 14.7 Å². The summed E-state index contributed by atoms with van der Waals surface area (Å²) in [5.41, 5.74) is 4.47. The van der Waals surface area contributed by atoms with Gasteiger partial charge in [0.1, 0.15) is 11.5 Å². The van der Waals surface area contributed by atoms with E-state index in [1.54, 1.807) is 19.9 Å². The Morgan fingerprint density at radius 2 is 2.05 bits per heavy atom. The van der Waals surface area contributed by atoms with Crippen molar-refractivity contribution in [2.45, 2.75) is 13.8 Å². The van der Waals surface area contributed by atoms with Crippen LogP contribution in [0.4, 0.5) is 0 Å². The van der Waals surface area contributed by atoms with E-state index in [2.05, 4.69) is 5.32 Å². The maximum absolute atomic E-state index is 11.9. The quantitative estimate of drug-likeness (QED) is 0.728. The lowest BCUT2D eigenvalue weighted by molar-refractivity contribution is -0.125. The molecule has 6 heteroatoms. The second-order valence-corrected chi connectivity index (χ2v) is 4.81. The summed E-state index contributed by atoms with van der Waals surface area (Å²) in [5.74, 6) is -0.721. The van der Waals surface area contributed by atoms with Gasteiger partial charge in [-0.1, -0.05) is 0 Å². The molecule has 0 radical (unpaired) electrons. The van der Waals surface area contributed by atoms with Crippen LogP contribution in [-0.2, 0) is 4.79 Å². The predicted octanol–water partition coefficient (Wildman–Crippen LogP) is 0.642. The molecular weight excluding hydrogens is 248 g/mol. The van der Waals surface area contributed by atoms with Crippen LogP contribution in [0.5, 0.6) is 11.5 Å². The number of primary amides is 1. The molecule has 0 fully saturated rings. The highest BCUT2D eigenvalue weighted by Crippen LogP contribution is 2.23. The molecule has 0 saturated carbocycles. The van der Waals surface area contributed by atoms with E-state index in [1.165, 1.54) is 19.2 Å². The van der Waals surface area contributed by atoms with Gasteiger partial charge in [-0.25, -0.2) is 0 Å². The SMILES string of the molecule is COc1ccc(C(=O)NCC(C)(C)C(N)=O)c(O)c1. The predicted molar refractivity (Wildman–Crippen MR) is 70.0 cm³/mol. The third-order valence-corrected chi connectivity index (χ3v) is 2.81. The molecule has 0 aromatic heterocycles. The summed E-state index contributed by atoms with van der Waals surface area (Å²) in [4.78, 5) is 23.0. The Morgan fingerprint density at radius 3 is 2.53 bits per heavy atom. The molecule has 6 nitrogen and oxygen atoms in total. The number of phenols is 1. The molecule has 0 heterocycles. The number of carbonyl (C=O) groups excluding carboxylic acids is 2. The van der Waals surface area contributed by atoms with Crippen molar-refractivity contribution in [1.29, 1.82) is 0 Å². The summed E-state index contributed by atoms with van der Waals surface area (Å²) >= 11 is 0. The van der Waals surface area contributed by atoms with Crippen LogP contribution >= 0.6 is 0 Å². The highest BCUT2D eigenvalue weighted by Gasteiger charge is 2.26. The van der Waals surface area contributed by atoms with Gasteiger partial charge in [0.25, 0.3) is 5.91 Å². The number of nitrogens with one attached hydrogen (secondary N) is 1. The molecule has 0 atom stereocenters. The molecule has 0 bridgehead atoms. The second kappa shape index (κ2) is 5.60. The van der Waals surface area contributed by atoms with Crippen molar-refractivity contribution in [3.05, 3.63) is 23.8 Å². The number of carbonyl (C=O) groups is 2. The van der Waals surface area contributed by atoms with Gasteiger partial charge in [0.15, 0.2) is 0 Å². The molecule has 0 aliphatic heterocycles. The van der Waals surface area contributed by atoms with E-state index in [0.717, 1.165) is 0 Å². The fraction of sp³-hybridized carbons (Fsp3) is 0.385. The van der Waals surface area contributed by atoms with Crippen molar-refractivity contribution in [2.24, 2.45) is 11.1 Å². The maximum atomic E-state index is 11.9. The number of benzene rings is 1. The summed E-state index contributed by atoms with van der Waals surface area (Å²) in [5, 5.41) is 12.3. The van der Waals surface area contributed by atoms with Gasteiger partial charge in [0, 0.05) is 12.6 Å². The molecule has 0 unspecified atom stereocenters. The van der Waals surface area contributed by atoms with Crippen molar-refractivity contribution < 1.29 is 19.4 Å². The summed E-state index contributed by atoms with van der Waals surface area (Å²) < 4.78 is 4.92. The molecule has 1 aromatic carbocycles. The zero-order chi connectivity index (χ0) is 14.6. The molecule has 0 spiro atoms.